The number of imide groups is 1. The van der Waals surface area contributed by atoms with Gasteiger partial charge >= 0.3 is 0 Å². The fourth-order valence-corrected chi connectivity index (χ4v) is 5.19. The minimum atomic E-state index is -0.708. The number of hydrogen-bond acceptors (Lipinski definition) is 6. The van der Waals surface area contributed by atoms with Crippen LogP contribution in [0.15, 0.2) is 30.5 Å². The van der Waals surface area contributed by atoms with Crippen molar-refractivity contribution in [3.63, 3.8) is 0 Å². The predicted octanol–water partition coefficient (Wildman–Crippen LogP) is 2.23. The van der Waals surface area contributed by atoms with Crippen LogP contribution in [0.2, 0.25) is 0 Å². The maximum absolute atomic E-state index is 15.1. The smallest absolute Gasteiger partial charge is 0.255 e. The third-order valence-corrected chi connectivity index (χ3v) is 7.00. The van der Waals surface area contributed by atoms with Gasteiger partial charge in [-0.25, -0.2) is 4.39 Å². The molecule has 34 heavy (non-hydrogen) atoms. The summed E-state index contributed by atoms with van der Waals surface area (Å²) in [6.45, 7) is 2.44. The molecule has 4 heterocycles. The van der Waals surface area contributed by atoms with E-state index in [1.165, 1.54) is 11.0 Å². The van der Waals surface area contributed by atoms with Crippen molar-refractivity contribution in [3.8, 4) is 6.07 Å². The quantitative estimate of drug-likeness (QED) is 0.700. The Labute approximate surface area is 196 Å². The number of pyridine rings is 1. The van der Waals surface area contributed by atoms with Gasteiger partial charge in [0.2, 0.25) is 11.8 Å². The molecule has 3 aliphatic rings. The molecule has 5 rings (SSSR count). The van der Waals surface area contributed by atoms with E-state index in [0.717, 1.165) is 37.2 Å². The van der Waals surface area contributed by atoms with Crippen LogP contribution in [-0.2, 0) is 22.7 Å². The molecule has 2 aromatic rings. The summed E-state index contributed by atoms with van der Waals surface area (Å²) in [4.78, 5) is 44.6. The Balaban J connectivity index is 1.26. The second-order valence-electron chi connectivity index (χ2n) is 9.13. The summed E-state index contributed by atoms with van der Waals surface area (Å²) in [5.41, 5.74) is 3.06. The van der Waals surface area contributed by atoms with Crippen LogP contribution in [0.4, 0.5) is 4.39 Å². The monoisotopic (exact) mass is 461 g/mol. The van der Waals surface area contributed by atoms with Gasteiger partial charge in [0.1, 0.15) is 11.9 Å². The third-order valence-electron chi connectivity index (χ3n) is 7.00. The number of hydrogen-bond donors (Lipinski definition) is 1. The van der Waals surface area contributed by atoms with Gasteiger partial charge in [0, 0.05) is 31.3 Å². The van der Waals surface area contributed by atoms with Gasteiger partial charge in [-0.2, -0.15) is 5.26 Å². The average Bonchev–Trinajstić information content (AvgIpc) is 3.14. The van der Waals surface area contributed by atoms with Crippen LogP contribution in [0.3, 0.4) is 0 Å². The molecule has 3 amide bonds. The van der Waals surface area contributed by atoms with Crippen LogP contribution >= 0.6 is 0 Å². The summed E-state index contributed by atoms with van der Waals surface area (Å²) in [6.07, 6.45) is 3.66. The van der Waals surface area contributed by atoms with E-state index in [0.29, 0.717) is 23.2 Å². The van der Waals surface area contributed by atoms with E-state index in [1.54, 1.807) is 24.4 Å². The molecule has 1 N–H and O–H groups in total. The molecule has 0 spiro atoms. The van der Waals surface area contributed by atoms with Crippen molar-refractivity contribution in [2.24, 2.45) is 0 Å². The summed E-state index contributed by atoms with van der Waals surface area (Å²) in [7, 11) is 0. The van der Waals surface area contributed by atoms with E-state index in [9.17, 15) is 14.4 Å². The van der Waals surface area contributed by atoms with E-state index in [4.69, 9.17) is 5.26 Å². The highest BCUT2D eigenvalue weighted by atomic mass is 19.1. The zero-order valence-electron chi connectivity index (χ0n) is 18.6. The van der Waals surface area contributed by atoms with E-state index in [-0.39, 0.29) is 42.9 Å². The second-order valence-corrected chi connectivity index (χ2v) is 9.13. The Morgan fingerprint density at radius 1 is 1.15 bits per heavy atom. The molecule has 0 bridgehead atoms. The standard InChI is InChI=1S/C25H24FN5O3/c26-21-11-20-17(13-31(25(20)34)22-1-2-23(32)29-24(22)33)10-19(21)16-4-7-30(8-5-16)14-18-9-15(12-27)3-6-28-18/h3,6,9-11,16,22H,1-2,4-5,7-8,13-14H2,(H,29,32,33). The number of likely N-dealkylation sites (tertiary alicyclic amines) is 1. The van der Waals surface area contributed by atoms with Crippen molar-refractivity contribution in [1.29, 1.82) is 5.26 Å². The summed E-state index contributed by atoms with van der Waals surface area (Å²) in [5.74, 6) is -1.52. The fraction of sp³-hybridized carbons (Fsp3) is 0.400. The van der Waals surface area contributed by atoms with Crippen molar-refractivity contribution in [2.45, 2.75) is 50.7 Å². The number of nitrogens with one attached hydrogen (secondary N) is 1. The third kappa shape index (κ3) is 4.17. The van der Waals surface area contributed by atoms with E-state index >= 15 is 4.39 Å². The normalized spacial score (nSPS) is 21.4. The fourth-order valence-electron chi connectivity index (χ4n) is 5.19. The molecule has 1 atom stereocenters. The number of rotatable bonds is 4. The van der Waals surface area contributed by atoms with E-state index < -0.39 is 11.9 Å². The van der Waals surface area contributed by atoms with Gasteiger partial charge in [0.25, 0.3) is 5.91 Å². The average molecular weight is 461 g/mol. The number of nitriles is 1. The van der Waals surface area contributed by atoms with E-state index in [1.807, 2.05) is 0 Å². The van der Waals surface area contributed by atoms with Gasteiger partial charge < -0.3 is 4.90 Å². The SMILES string of the molecule is N#Cc1ccnc(CN2CCC(c3cc4c(cc3F)C(=O)N(C3CCC(=O)NC3=O)C4)CC2)c1. The molecular formula is C25H24FN5O3. The molecule has 8 nitrogen and oxygen atoms in total. The van der Waals surface area contributed by atoms with Gasteiger partial charge in [-0.1, -0.05) is 6.07 Å². The summed E-state index contributed by atoms with van der Waals surface area (Å²) >= 11 is 0. The Kier molecular flexibility index (Phi) is 5.84. The Morgan fingerprint density at radius 2 is 1.94 bits per heavy atom. The largest absolute Gasteiger partial charge is 0.322 e. The lowest BCUT2D eigenvalue weighted by molar-refractivity contribution is -0.136. The highest BCUT2D eigenvalue weighted by Crippen LogP contribution is 2.35. The Hall–Kier alpha value is -3.64. The van der Waals surface area contributed by atoms with Crippen molar-refractivity contribution in [2.75, 3.05) is 13.1 Å². The lowest BCUT2D eigenvalue weighted by Crippen LogP contribution is -2.52. The molecule has 1 unspecified atom stereocenters. The Bertz CT molecular complexity index is 1220. The molecule has 3 aliphatic heterocycles. The maximum atomic E-state index is 15.1. The summed E-state index contributed by atoms with van der Waals surface area (Å²) in [6, 6.07) is 7.98. The minimum Gasteiger partial charge on any atom is -0.322 e. The number of carbonyl (C=O) groups is 3. The molecule has 2 fully saturated rings. The molecule has 0 aliphatic carbocycles. The van der Waals surface area contributed by atoms with Gasteiger partial charge in [0.15, 0.2) is 0 Å². The first-order valence-corrected chi connectivity index (χ1v) is 11.5. The zero-order valence-corrected chi connectivity index (χ0v) is 18.6. The van der Waals surface area contributed by atoms with Crippen molar-refractivity contribution in [3.05, 3.63) is 64.2 Å². The van der Waals surface area contributed by atoms with Crippen molar-refractivity contribution >= 4 is 17.7 Å². The van der Waals surface area contributed by atoms with Gasteiger partial charge in [0.05, 0.1) is 17.3 Å². The minimum absolute atomic E-state index is 0.0414. The summed E-state index contributed by atoms with van der Waals surface area (Å²) < 4.78 is 15.1. The molecule has 1 aromatic heterocycles. The molecular weight excluding hydrogens is 437 g/mol. The number of piperidine rings is 2. The van der Waals surface area contributed by atoms with Crippen LogP contribution in [0.25, 0.3) is 0 Å². The van der Waals surface area contributed by atoms with Crippen molar-refractivity contribution < 1.29 is 18.8 Å². The number of nitrogens with zero attached hydrogens (tertiary/aromatic N) is 4. The van der Waals surface area contributed by atoms with E-state index in [2.05, 4.69) is 21.3 Å². The predicted molar refractivity (Wildman–Crippen MR) is 119 cm³/mol. The number of aromatic nitrogens is 1. The highest BCUT2D eigenvalue weighted by Gasteiger charge is 2.40. The molecule has 9 heteroatoms. The Morgan fingerprint density at radius 3 is 2.68 bits per heavy atom. The second kappa shape index (κ2) is 8.95. The summed E-state index contributed by atoms with van der Waals surface area (Å²) in [5, 5.41) is 11.4. The zero-order chi connectivity index (χ0) is 23.8. The molecule has 2 saturated heterocycles. The van der Waals surface area contributed by atoms with Gasteiger partial charge in [-0.05, 0) is 67.6 Å². The van der Waals surface area contributed by atoms with Gasteiger partial charge in [-0.15, -0.1) is 0 Å². The number of benzene rings is 1. The topological polar surface area (TPSA) is 106 Å². The molecule has 0 radical (unpaired) electrons. The van der Waals surface area contributed by atoms with Crippen LogP contribution < -0.4 is 5.32 Å². The number of amides is 3. The first-order chi connectivity index (χ1) is 16.4. The van der Waals surface area contributed by atoms with Crippen LogP contribution in [0.1, 0.15) is 64.3 Å². The number of fused-ring (bicyclic) bond motifs is 1. The number of carbonyl (C=O) groups excluding carboxylic acids is 3. The number of halogens is 1. The first-order valence-electron chi connectivity index (χ1n) is 11.5. The van der Waals surface area contributed by atoms with Crippen molar-refractivity contribution in [1.82, 2.24) is 20.1 Å². The van der Waals surface area contributed by atoms with Crippen LogP contribution in [0, 0.1) is 17.1 Å². The highest BCUT2D eigenvalue weighted by molar-refractivity contribution is 6.05. The van der Waals surface area contributed by atoms with Gasteiger partial charge in [-0.3, -0.25) is 29.6 Å². The molecule has 1 aromatic carbocycles. The lowest BCUT2D eigenvalue weighted by Gasteiger charge is -2.32. The molecule has 174 valence electrons. The first kappa shape index (κ1) is 22.2. The maximum Gasteiger partial charge on any atom is 0.255 e. The van der Waals surface area contributed by atoms with Crippen LogP contribution in [0.5, 0.6) is 0 Å². The molecule has 0 saturated carbocycles. The lowest BCUT2D eigenvalue weighted by atomic mass is 9.87. The van der Waals surface area contributed by atoms with Crippen LogP contribution in [-0.4, -0.2) is 51.6 Å².